The van der Waals surface area contributed by atoms with Crippen LogP contribution in [-0.2, 0) is 0 Å². The fraction of sp³-hybridized carbons (Fsp3) is 0.867. The van der Waals surface area contributed by atoms with E-state index in [2.05, 4.69) is 46.5 Å². The van der Waals surface area contributed by atoms with Crippen molar-refractivity contribution >= 4 is 0 Å². The van der Waals surface area contributed by atoms with Crippen molar-refractivity contribution in [3.05, 3.63) is 12.3 Å². The second-order valence-corrected chi connectivity index (χ2v) is 3.47. The maximum atomic E-state index is 3.72. The molecule has 0 aromatic rings. The van der Waals surface area contributed by atoms with Crippen LogP contribution in [0.15, 0.2) is 12.3 Å². The molecule has 0 fully saturated rings. The second kappa shape index (κ2) is 36.5. The maximum absolute atomic E-state index is 3.72. The highest BCUT2D eigenvalue weighted by Crippen LogP contribution is 1.84. The molecule has 0 spiro atoms. The molecule has 0 rings (SSSR count). The number of nitrogens with one attached hydrogen (secondary N) is 1. The quantitative estimate of drug-likeness (QED) is 0.606. The zero-order chi connectivity index (χ0) is 13.8. The Hall–Kier alpha value is -0.460. The van der Waals surface area contributed by atoms with Crippen molar-refractivity contribution in [2.45, 2.75) is 81.1 Å². The number of allylic oxidation sites excluding steroid dienone is 1. The Balaban J connectivity index is -0.0000000752. The van der Waals surface area contributed by atoms with Crippen molar-refractivity contribution < 1.29 is 0 Å². The maximum Gasteiger partial charge on any atom is 0.0143 e. The van der Waals surface area contributed by atoms with E-state index in [9.17, 15) is 0 Å². The lowest BCUT2D eigenvalue weighted by Gasteiger charge is -2.00. The molecule has 16 heavy (non-hydrogen) atoms. The molecule has 1 heteroatoms. The van der Waals surface area contributed by atoms with Crippen LogP contribution in [0.25, 0.3) is 0 Å². The van der Waals surface area contributed by atoms with Crippen molar-refractivity contribution in [2.24, 2.45) is 0 Å². The summed E-state index contributed by atoms with van der Waals surface area (Å²) in [6.07, 6.45) is 4.99. The Bertz CT molecular complexity index is 85.4. The summed E-state index contributed by atoms with van der Waals surface area (Å²) in [4.78, 5) is 0. The van der Waals surface area contributed by atoms with Gasteiger partial charge in [-0.05, 0) is 13.3 Å². The lowest BCUT2D eigenvalue weighted by Crippen LogP contribution is -2.10. The summed E-state index contributed by atoms with van der Waals surface area (Å²) in [6.45, 7) is 21.5. The third-order valence-corrected chi connectivity index (χ3v) is 0.957. The molecule has 0 aliphatic heterocycles. The minimum absolute atomic E-state index is 1.07. The summed E-state index contributed by atoms with van der Waals surface area (Å²) in [5, 5.41) is 3.15. The van der Waals surface area contributed by atoms with Crippen LogP contribution in [0.2, 0.25) is 0 Å². The molecular weight excluding hydrogens is 194 g/mol. The van der Waals surface area contributed by atoms with Crippen LogP contribution in [0.1, 0.15) is 81.1 Å². The molecule has 0 atom stereocenters. The van der Waals surface area contributed by atoms with Crippen LogP contribution >= 0.6 is 0 Å². The minimum Gasteiger partial charge on any atom is -0.389 e. The minimum atomic E-state index is 1.07. The van der Waals surface area contributed by atoms with Crippen LogP contribution in [0.4, 0.5) is 0 Å². The Morgan fingerprint density at radius 1 is 0.938 bits per heavy atom. The average molecular weight is 231 g/mol. The third kappa shape index (κ3) is 103. The van der Waals surface area contributed by atoms with Crippen molar-refractivity contribution in [1.82, 2.24) is 5.32 Å². The van der Waals surface area contributed by atoms with Gasteiger partial charge in [-0.15, -0.1) is 0 Å². The molecule has 0 heterocycles. The van der Waals surface area contributed by atoms with Crippen LogP contribution in [-0.4, -0.2) is 6.54 Å². The number of hydrogen-bond acceptors (Lipinski definition) is 1. The molecule has 102 valence electrons. The molecule has 1 nitrogen and oxygen atoms in total. The van der Waals surface area contributed by atoms with Gasteiger partial charge in [-0.2, -0.15) is 0 Å². The molecular formula is C15H37N. The van der Waals surface area contributed by atoms with Gasteiger partial charge < -0.3 is 5.32 Å². The van der Waals surface area contributed by atoms with E-state index in [0.29, 0.717) is 0 Å². The lowest BCUT2D eigenvalue weighted by atomic mass is 10.3. The van der Waals surface area contributed by atoms with Gasteiger partial charge in [-0.3, -0.25) is 0 Å². The van der Waals surface area contributed by atoms with E-state index in [1.165, 1.54) is 25.7 Å². The summed E-state index contributed by atoms with van der Waals surface area (Å²) in [5.41, 5.74) is 1.07. The smallest absolute Gasteiger partial charge is 0.0143 e. The highest BCUT2D eigenvalue weighted by atomic mass is 14.9. The number of hydrogen-bond donors (Lipinski definition) is 1. The van der Waals surface area contributed by atoms with Gasteiger partial charge in [-0.1, -0.05) is 74.3 Å². The van der Waals surface area contributed by atoms with E-state index in [1.807, 2.05) is 20.8 Å². The van der Waals surface area contributed by atoms with Crippen LogP contribution in [0.3, 0.4) is 0 Å². The summed E-state index contributed by atoms with van der Waals surface area (Å²) in [5.74, 6) is 0. The fourth-order valence-corrected chi connectivity index (χ4v) is 0.479. The molecule has 0 aromatic carbocycles. The zero-order valence-corrected chi connectivity index (χ0v) is 13.2. The van der Waals surface area contributed by atoms with Gasteiger partial charge >= 0.3 is 0 Å². The average Bonchev–Trinajstić information content (AvgIpc) is 2.23. The largest absolute Gasteiger partial charge is 0.389 e. The van der Waals surface area contributed by atoms with Gasteiger partial charge in [0.15, 0.2) is 0 Å². The summed E-state index contributed by atoms with van der Waals surface area (Å²) < 4.78 is 0. The molecule has 0 bridgehead atoms. The Morgan fingerprint density at radius 2 is 1.25 bits per heavy atom. The molecule has 0 amide bonds. The van der Waals surface area contributed by atoms with Gasteiger partial charge in [0, 0.05) is 12.2 Å². The first-order valence-corrected chi connectivity index (χ1v) is 6.99. The van der Waals surface area contributed by atoms with Gasteiger partial charge in [0.1, 0.15) is 0 Å². The van der Waals surface area contributed by atoms with Gasteiger partial charge in [0.05, 0.1) is 0 Å². The summed E-state index contributed by atoms with van der Waals surface area (Å²) in [6, 6.07) is 0. The molecule has 0 radical (unpaired) electrons. The van der Waals surface area contributed by atoms with E-state index in [1.54, 1.807) is 0 Å². The highest BCUT2D eigenvalue weighted by Gasteiger charge is 1.80. The SMILES string of the molecule is C=C(C)NCCCC.CC.CCC.CCC. The fourth-order valence-electron chi connectivity index (χ4n) is 0.479. The molecule has 0 aliphatic rings. The van der Waals surface area contributed by atoms with Gasteiger partial charge in [0.25, 0.3) is 0 Å². The Morgan fingerprint density at radius 3 is 1.44 bits per heavy atom. The second-order valence-electron chi connectivity index (χ2n) is 3.47. The first-order chi connectivity index (χ1) is 7.60. The van der Waals surface area contributed by atoms with Crippen molar-refractivity contribution in [3.8, 4) is 0 Å². The van der Waals surface area contributed by atoms with Gasteiger partial charge in [0.2, 0.25) is 0 Å². The van der Waals surface area contributed by atoms with Crippen LogP contribution in [0, 0.1) is 0 Å². The van der Waals surface area contributed by atoms with E-state index >= 15 is 0 Å². The van der Waals surface area contributed by atoms with Crippen molar-refractivity contribution in [1.29, 1.82) is 0 Å². The van der Waals surface area contributed by atoms with E-state index in [4.69, 9.17) is 0 Å². The first-order valence-electron chi connectivity index (χ1n) is 6.99. The molecule has 0 saturated carbocycles. The monoisotopic (exact) mass is 231 g/mol. The van der Waals surface area contributed by atoms with E-state index in [-0.39, 0.29) is 0 Å². The zero-order valence-electron chi connectivity index (χ0n) is 13.2. The standard InChI is InChI=1S/C7H15N.2C3H8.C2H6/c1-4-5-6-8-7(2)3;2*1-3-2;1-2/h8H,2,4-6H2,1,3H3;2*3H2,1-2H3;1-2H3. The molecule has 0 unspecified atom stereocenters. The molecule has 0 saturated heterocycles. The Kier molecular flexibility index (Phi) is 56.4. The first kappa shape index (κ1) is 24.7. The van der Waals surface area contributed by atoms with Crippen molar-refractivity contribution in [2.75, 3.05) is 6.54 Å². The topological polar surface area (TPSA) is 12.0 Å². The van der Waals surface area contributed by atoms with Crippen molar-refractivity contribution in [3.63, 3.8) is 0 Å². The molecule has 0 aliphatic carbocycles. The van der Waals surface area contributed by atoms with Crippen LogP contribution in [0.5, 0.6) is 0 Å². The lowest BCUT2D eigenvalue weighted by molar-refractivity contribution is 0.712. The summed E-state index contributed by atoms with van der Waals surface area (Å²) >= 11 is 0. The summed E-state index contributed by atoms with van der Waals surface area (Å²) in [7, 11) is 0. The van der Waals surface area contributed by atoms with E-state index in [0.717, 1.165) is 12.2 Å². The van der Waals surface area contributed by atoms with Gasteiger partial charge in [-0.25, -0.2) is 0 Å². The normalized spacial score (nSPS) is 7.00. The molecule has 0 aromatic heterocycles. The number of rotatable bonds is 4. The van der Waals surface area contributed by atoms with Crippen LogP contribution < -0.4 is 5.32 Å². The number of unbranched alkanes of at least 4 members (excludes halogenated alkanes) is 1. The predicted octanol–water partition coefficient (Wildman–Crippen LogP) is 5.77. The molecule has 1 N–H and O–H groups in total. The highest BCUT2D eigenvalue weighted by molar-refractivity contribution is 4.83. The third-order valence-electron chi connectivity index (χ3n) is 0.957. The Labute approximate surface area is 106 Å². The van der Waals surface area contributed by atoms with E-state index < -0.39 is 0 Å². The predicted molar refractivity (Wildman–Crippen MR) is 81.0 cm³/mol.